The van der Waals surface area contributed by atoms with Gasteiger partial charge in [-0.3, -0.25) is 0 Å². The molecule has 0 aliphatic heterocycles. The molecule has 1 aromatic carbocycles. The van der Waals surface area contributed by atoms with Gasteiger partial charge in [-0.15, -0.1) is 0 Å². The minimum Gasteiger partial charge on any atom is -0.383 e. The quantitative estimate of drug-likeness (QED) is 0.860. The fourth-order valence-corrected chi connectivity index (χ4v) is 2.06. The lowest BCUT2D eigenvalue weighted by Crippen LogP contribution is -2.15. The molecular formula is C13H15ClN2. The summed E-state index contributed by atoms with van der Waals surface area (Å²) < 4.78 is 0. The van der Waals surface area contributed by atoms with E-state index < -0.39 is 0 Å². The second kappa shape index (κ2) is 4.76. The van der Waals surface area contributed by atoms with Crippen molar-refractivity contribution >= 4 is 17.3 Å². The molecule has 0 bridgehead atoms. The fourth-order valence-electron chi connectivity index (χ4n) is 1.90. The Labute approximate surface area is 101 Å². The Morgan fingerprint density at radius 3 is 2.94 bits per heavy atom. The summed E-state index contributed by atoms with van der Waals surface area (Å²) in [6.45, 7) is 2.18. The number of nitrogens with zero attached hydrogens (tertiary/aromatic N) is 1. The van der Waals surface area contributed by atoms with E-state index in [4.69, 9.17) is 16.9 Å². The third-order valence-corrected chi connectivity index (χ3v) is 3.21. The summed E-state index contributed by atoms with van der Waals surface area (Å²) in [5.41, 5.74) is 1.51. The Morgan fingerprint density at radius 1 is 1.56 bits per heavy atom. The average molecular weight is 235 g/mol. The van der Waals surface area contributed by atoms with Gasteiger partial charge >= 0.3 is 0 Å². The molecule has 1 fully saturated rings. The van der Waals surface area contributed by atoms with Crippen molar-refractivity contribution in [1.29, 1.82) is 5.26 Å². The second-order valence-electron chi connectivity index (χ2n) is 4.53. The van der Waals surface area contributed by atoms with Gasteiger partial charge in [-0.05, 0) is 37.5 Å². The minimum atomic E-state index is 0.459. The van der Waals surface area contributed by atoms with Gasteiger partial charge in [0.25, 0.3) is 0 Å². The van der Waals surface area contributed by atoms with E-state index in [1.54, 1.807) is 6.07 Å². The van der Waals surface area contributed by atoms with Crippen LogP contribution in [-0.4, -0.2) is 6.04 Å². The lowest BCUT2D eigenvalue weighted by molar-refractivity contribution is 0.642. The molecule has 1 aliphatic carbocycles. The highest BCUT2D eigenvalue weighted by molar-refractivity contribution is 6.31. The first-order valence-electron chi connectivity index (χ1n) is 5.65. The van der Waals surface area contributed by atoms with Crippen molar-refractivity contribution in [2.45, 2.75) is 32.2 Å². The van der Waals surface area contributed by atoms with Gasteiger partial charge in [0.05, 0.1) is 10.6 Å². The smallest absolute Gasteiger partial charge is 0.101 e. The zero-order chi connectivity index (χ0) is 11.5. The zero-order valence-electron chi connectivity index (χ0n) is 9.33. The second-order valence-corrected chi connectivity index (χ2v) is 4.94. The standard InChI is InChI=1S/C13H15ClN2/c1-9(6-10-2-3-10)16-12-4-5-13(14)11(7-12)8-15/h4-5,7,9-10,16H,2-3,6H2,1H3. The molecule has 1 N–H and O–H groups in total. The fraction of sp³-hybridized carbons (Fsp3) is 0.462. The van der Waals surface area contributed by atoms with Crippen molar-refractivity contribution in [3.63, 3.8) is 0 Å². The van der Waals surface area contributed by atoms with E-state index >= 15 is 0 Å². The SMILES string of the molecule is CC(CC1CC1)Nc1ccc(Cl)c(C#N)c1. The molecule has 0 amide bonds. The maximum Gasteiger partial charge on any atom is 0.101 e. The number of nitriles is 1. The molecule has 0 radical (unpaired) electrons. The summed E-state index contributed by atoms with van der Waals surface area (Å²) in [4.78, 5) is 0. The van der Waals surface area contributed by atoms with Crippen molar-refractivity contribution in [1.82, 2.24) is 0 Å². The lowest BCUT2D eigenvalue weighted by atomic mass is 10.1. The Kier molecular flexibility index (Phi) is 3.36. The van der Waals surface area contributed by atoms with Crippen molar-refractivity contribution in [3.05, 3.63) is 28.8 Å². The number of halogens is 1. The number of rotatable bonds is 4. The molecule has 2 nitrogen and oxygen atoms in total. The van der Waals surface area contributed by atoms with Crippen LogP contribution in [0.1, 0.15) is 31.7 Å². The third-order valence-electron chi connectivity index (χ3n) is 2.88. The van der Waals surface area contributed by atoms with Gasteiger partial charge in [-0.2, -0.15) is 5.26 Å². The van der Waals surface area contributed by atoms with Crippen LogP contribution in [0.2, 0.25) is 5.02 Å². The highest BCUT2D eigenvalue weighted by atomic mass is 35.5. The first kappa shape index (κ1) is 11.3. The minimum absolute atomic E-state index is 0.459. The summed E-state index contributed by atoms with van der Waals surface area (Å²) in [6, 6.07) is 8.05. The normalized spacial score (nSPS) is 16.6. The maximum absolute atomic E-state index is 8.87. The molecule has 1 atom stereocenters. The van der Waals surface area contributed by atoms with Crippen LogP contribution < -0.4 is 5.32 Å². The van der Waals surface area contributed by atoms with E-state index in [2.05, 4.69) is 18.3 Å². The number of benzene rings is 1. The van der Waals surface area contributed by atoms with Crippen LogP contribution in [-0.2, 0) is 0 Å². The molecule has 0 aromatic heterocycles. The molecule has 1 aliphatic rings. The van der Waals surface area contributed by atoms with Crippen molar-refractivity contribution in [3.8, 4) is 6.07 Å². The van der Waals surface area contributed by atoms with Crippen LogP contribution in [0.5, 0.6) is 0 Å². The summed E-state index contributed by atoms with van der Waals surface area (Å²) >= 11 is 5.88. The molecular weight excluding hydrogens is 220 g/mol. The molecule has 0 spiro atoms. The highest BCUT2D eigenvalue weighted by Gasteiger charge is 2.23. The predicted octanol–water partition coefficient (Wildman–Crippen LogP) is 3.81. The van der Waals surface area contributed by atoms with E-state index in [0.29, 0.717) is 16.6 Å². The molecule has 16 heavy (non-hydrogen) atoms. The number of hydrogen-bond acceptors (Lipinski definition) is 2. The molecule has 1 saturated carbocycles. The van der Waals surface area contributed by atoms with Crippen LogP contribution in [0.4, 0.5) is 5.69 Å². The molecule has 84 valence electrons. The summed E-state index contributed by atoms with van der Waals surface area (Å²) in [7, 11) is 0. The first-order valence-corrected chi connectivity index (χ1v) is 6.03. The molecule has 3 heteroatoms. The van der Waals surface area contributed by atoms with E-state index in [1.807, 2.05) is 12.1 Å². The Balaban J connectivity index is 2.00. The van der Waals surface area contributed by atoms with Gasteiger partial charge in [0.15, 0.2) is 0 Å². The van der Waals surface area contributed by atoms with Gasteiger partial charge < -0.3 is 5.32 Å². The monoisotopic (exact) mass is 234 g/mol. The number of nitrogens with one attached hydrogen (secondary N) is 1. The van der Waals surface area contributed by atoms with Gasteiger partial charge in [-0.1, -0.05) is 24.4 Å². The molecule has 0 heterocycles. The Bertz CT molecular complexity index is 418. The van der Waals surface area contributed by atoms with Crippen molar-refractivity contribution in [2.75, 3.05) is 5.32 Å². The first-order chi connectivity index (χ1) is 7.69. The van der Waals surface area contributed by atoms with Crippen LogP contribution in [0.15, 0.2) is 18.2 Å². The topological polar surface area (TPSA) is 35.8 Å². The Hall–Kier alpha value is -1.20. The van der Waals surface area contributed by atoms with E-state index in [-0.39, 0.29) is 0 Å². The molecule has 1 aromatic rings. The van der Waals surface area contributed by atoms with Crippen LogP contribution in [0.3, 0.4) is 0 Å². The molecule has 2 rings (SSSR count). The summed E-state index contributed by atoms with van der Waals surface area (Å²) in [6.07, 6.45) is 3.96. The van der Waals surface area contributed by atoms with Gasteiger partial charge in [0.2, 0.25) is 0 Å². The molecule has 0 saturated heterocycles. The number of anilines is 1. The van der Waals surface area contributed by atoms with E-state index in [9.17, 15) is 0 Å². The van der Waals surface area contributed by atoms with E-state index in [0.717, 1.165) is 11.6 Å². The van der Waals surface area contributed by atoms with E-state index in [1.165, 1.54) is 19.3 Å². The predicted molar refractivity (Wildman–Crippen MR) is 66.6 cm³/mol. The van der Waals surface area contributed by atoms with Gasteiger partial charge in [0, 0.05) is 11.7 Å². The van der Waals surface area contributed by atoms with Crippen LogP contribution in [0.25, 0.3) is 0 Å². The van der Waals surface area contributed by atoms with Crippen molar-refractivity contribution < 1.29 is 0 Å². The third kappa shape index (κ3) is 2.90. The summed E-state index contributed by atoms with van der Waals surface area (Å²) in [5.74, 6) is 0.908. The largest absolute Gasteiger partial charge is 0.383 e. The number of hydrogen-bond donors (Lipinski definition) is 1. The van der Waals surface area contributed by atoms with Gasteiger partial charge in [0.1, 0.15) is 6.07 Å². The Morgan fingerprint density at radius 2 is 2.31 bits per heavy atom. The van der Waals surface area contributed by atoms with Crippen LogP contribution >= 0.6 is 11.6 Å². The average Bonchev–Trinajstić information content (AvgIpc) is 3.04. The summed E-state index contributed by atoms with van der Waals surface area (Å²) in [5, 5.41) is 12.8. The van der Waals surface area contributed by atoms with Gasteiger partial charge in [-0.25, -0.2) is 0 Å². The molecule has 1 unspecified atom stereocenters. The van der Waals surface area contributed by atoms with Crippen LogP contribution in [0, 0.1) is 17.2 Å². The maximum atomic E-state index is 8.87. The lowest BCUT2D eigenvalue weighted by Gasteiger charge is -2.15. The van der Waals surface area contributed by atoms with Crippen molar-refractivity contribution in [2.24, 2.45) is 5.92 Å². The zero-order valence-corrected chi connectivity index (χ0v) is 10.1. The highest BCUT2D eigenvalue weighted by Crippen LogP contribution is 2.34.